The first kappa shape index (κ1) is 24.8. The number of ether oxygens (including phenoxy) is 3. The predicted octanol–water partition coefficient (Wildman–Crippen LogP) is 4.56. The first-order valence-electron chi connectivity index (χ1n) is 10.8. The van der Waals surface area contributed by atoms with Crippen molar-refractivity contribution in [3.63, 3.8) is 0 Å². The molecule has 2 aromatic carbocycles. The molecule has 0 radical (unpaired) electrons. The summed E-state index contributed by atoms with van der Waals surface area (Å²) in [4.78, 5) is 27.3. The topological polar surface area (TPSA) is 119 Å². The SMILES string of the molecule is CC(=O)OC(OC(N)=O)C(C)(C)C(C)(C)C(Oc1ccc(-c2ccccc2)cc1)n1cncn1. The molecule has 0 spiro atoms. The van der Waals surface area contributed by atoms with Gasteiger partial charge in [0.05, 0.1) is 0 Å². The Morgan fingerprint density at radius 3 is 2.06 bits per heavy atom. The van der Waals surface area contributed by atoms with Gasteiger partial charge < -0.3 is 19.9 Å². The van der Waals surface area contributed by atoms with Crippen molar-refractivity contribution in [1.82, 2.24) is 14.8 Å². The molecule has 2 unspecified atom stereocenters. The van der Waals surface area contributed by atoms with E-state index in [1.165, 1.54) is 19.6 Å². The molecule has 1 aromatic heterocycles. The molecule has 2 N–H and O–H groups in total. The monoisotopic (exact) mass is 466 g/mol. The lowest BCUT2D eigenvalue weighted by Crippen LogP contribution is -2.52. The van der Waals surface area contributed by atoms with Gasteiger partial charge in [-0.25, -0.2) is 14.5 Å². The molecule has 2 atom stereocenters. The maximum Gasteiger partial charge on any atom is 0.407 e. The van der Waals surface area contributed by atoms with Gasteiger partial charge in [0.15, 0.2) is 6.23 Å². The predicted molar refractivity (Wildman–Crippen MR) is 125 cm³/mol. The molecule has 0 saturated heterocycles. The summed E-state index contributed by atoms with van der Waals surface area (Å²) in [6, 6.07) is 17.7. The summed E-state index contributed by atoms with van der Waals surface area (Å²) in [6.45, 7) is 8.64. The third-order valence-corrected chi connectivity index (χ3v) is 6.25. The van der Waals surface area contributed by atoms with E-state index in [9.17, 15) is 9.59 Å². The Balaban J connectivity index is 1.95. The highest BCUT2D eigenvalue weighted by Crippen LogP contribution is 2.50. The van der Waals surface area contributed by atoms with Gasteiger partial charge in [-0.15, -0.1) is 0 Å². The van der Waals surface area contributed by atoms with E-state index < -0.39 is 35.4 Å². The lowest BCUT2D eigenvalue weighted by atomic mass is 9.66. The van der Waals surface area contributed by atoms with E-state index >= 15 is 0 Å². The molecule has 1 amide bonds. The van der Waals surface area contributed by atoms with Crippen LogP contribution in [0.1, 0.15) is 40.8 Å². The van der Waals surface area contributed by atoms with Gasteiger partial charge in [0.25, 0.3) is 6.29 Å². The Labute approximate surface area is 198 Å². The van der Waals surface area contributed by atoms with Gasteiger partial charge in [-0.3, -0.25) is 4.79 Å². The zero-order chi connectivity index (χ0) is 24.9. The lowest BCUT2D eigenvalue weighted by Gasteiger charge is -2.47. The molecule has 0 bridgehead atoms. The molecule has 180 valence electrons. The number of esters is 1. The number of benzene rings is 2. The summed E-state index contributed by atoms with van der Waals surface area (Å²) in [7, 11) is 0. The fraction of sp³-hybridized carbons (Fsp3) is 0.360. The number of primary amides is 1. The summed E-state index contributed by atoms with van der Waals surface area (Å²) in [5.74, 6) is -0.00578. The van der Waals surface area contributed by atoms with Crippen molar-refractivity contribution in [3.8, 4) is 16.9 Å². The third kappa shape index (κ3) is 5.36. The van der Waals surface area contributed by atoms with E-state index in [0.717, 1.165) is 11.1 Å². The first-order valence-corrected chi connectivity index (χ1v) is 10.8. The molecule has 0 aliphatic rings. The number of amides is 1. The highest BCUT2D eigenvalue weighted by atomic mass is 16.7. The minimum Gasteiger partial charge on any atom is -0.468 e. The summed E-state index contributed by atoms with van der Waals surface area (Å²) in [5, 5.41) is 4.28. The van der Waals surface area contributed by atoms with Gasteiger partial charge in [-0.1, -0.05) is 70.2 Å². The van der Waals surface area contributed by atoms with Crippen LogP contribution in [0, 0.1) is 10.8 Å². The molecule has 0 aliphatic heterocycles. The Hall–Kier alpha value is -3.88. The first-order chi connectivity index (χ1) is 16.0. The van der Waals surface area contributed by atoms with Crippen molar-refractivity contribution in [3.05, 3.63) is 67.3 Å². The van der Waals surface area contributed by atoms with Crippen molar-refractivity contribution in [2.45, 2.75) is 47.1 Å². The highest BCUT2D eigenvalue weighted by molar-refractivity contribution is 5.67. The molecule has 1 heterocycles. The molecule has 0 aliphatic carbocycles. The molecule has 9 heteroatoms. The zero-order valence-corrected chi connectivity index (χ0v) is 20.0. The molecule has 3 aromatic rings. The fourth-order valence-electron chi connectivity index (χ4n) is 3.55. The second kappa shape index (κ2) is 9.94. The number of aromatic nitrogens is 3. The maximum atomic E-state index is 11.7. The normalized spacial score (nSPS) is 13.6. The number of rotatable bonds is 9. The van der Waals surface area contributed by atoms with Crippen LogP contribution in [0.25, 0.3) is 11.1 Å². The second-order valence-electron chi connectivity index (χ2n) is 9.06. The van der Waals surface area contributed by atoms with Crippen molar-refractivity contribution in [1.29, 1.82) is 0 Å². The Morgan fingerprint density at radius 2 is 1.53 bits per heavy atom. The summed E-state index contributed by atoms with van der Waals surface area (Å²) < 4.78 is 18.5. The number of carbonyl (C=O) groups is 2. The van der Waals surface area contributed by atoms with Crippen LogP contribution in [-0.2, 0) is 14.3 Å². The van der Waals surface area contributed by atoms with Crippen LogP contribution in [0.5, 0.6) is 5.75 Å². The molecule has 34 heavy (non-hydrogen) atoms. The average Bonchev–Trinajstić information content (AvgIpc) is 3.31. The molecule has 0 fully saturated rings. The van der Waals surface area contributed by atoms with E-state index in [2.05, 4.69) is 10.1 Å². The van der Waals surface area contributed by atoms with Crippen LogP contribution in [-0.4, -0.2) is 33.1 Å². The van der Waals surface area contributed by atoms with Crippen LogP contribution in [0.2, 0.25) is 0 Å². The summed E-state index contributed by atoms with van der Waals surface area (Å²) >= 11 is 0. The van der Waals surface area contributed by atoms with Gasteiger partial charge in [0, 0.05) is 17.8 Å². The second-order valence-corrected chi connectivity index (χ2v) is 9.06. The quantitative estimate of drug-likeness (QED) is 0.363. The summed E-state index contributed by atoms with van der Waals surface area (Å²) in [5.41, 5.74) is 5.61. The van der Waals surface area contributed by atoms with Crippen molar-refractivity contribution < 1.29 is 23.8 Å². The minimum atomic E-state index is -1.26. The van der Waals surface area contributed by atoms with Gasteiger partial charge in [-0.2, -0.15) is 5.10 Å². The Kier molecular flexibility index (Phi) is 7.24. The van der Waals surface area contributed by atoms with E-state index in [1.807, 2.05) is 68.4 Å². The van der Waals surface area contributed by atoms with Crippen molar-refractivity contribution in [2.24, 2.45) is 16.6 Å². The van der Waals surface area contributed by atoms with Crippen LogP contribution in [0.4, 0.5) is 4.79 Å². The molecule has 9 nitrogen and oxygen atoms in total. The maximum absolute atomic E-state index is 11.7. The van der Waals surface area contributed by atoms with E-state index in [-0.39, 0.29) is 0 Å². The van der Waals surface area contributed by atoms with Crippen LogP contribution in [0.15, 0.2) is 67.3 Å². The van der Waals surface area contributed by atoms with Gasteiger partial charge >= 0.3 is 12.1 Å². The van der Waals surface area contributed by atoms with Crippen molar-refractivity contribution >= 4 is 12.1 Å². The lowest BCUT2D eigenvalue weighted by molar-refractivity contribution is -0.219. The van der Waals surface area contributed by atoms with E-state index in [0.29, 0.717) is 5.75 Å². The van der Waals surface area contributed by atoms with Crippen LogP contribution >= 0.6 is 0 Å². The number of carbonyl (C=O) groups excluding carboxylic acids is 2. The number of hydrogen-bond donors (Lipinski definition) is 1. The Morgan fingerprint density at radius 1 is 0.912 bits per heavy atom. The smallest absolute Gasteiger partial charge is 0.407 e. The zero-order valence-electron chi connectivity index (χ0n) is 20.0. The van der Waals surface area contributed by atoms with Gasteiger partial charge in [0.1, 0.15) is 18.4 Å². The fourth-order valence-corrected chi connectivity index (χ4v) is 3.55. The van der Waals surface area contributed by atoms with Crippen LogP contribution < -0.4 is 10.5 Å². The molecule has 0 saturated carbocycles. The standard InChI is InChI=1S/C25H30N4O5/c1-17(30)32-22(34-23(26)31)25(4,5)24(2,3)21(29-16-27-15-28-29)33-20-13-11-19(12-14-20)18-9-7-6-8-10-18/h6-16,21-22H,1-5H3,(H2,26,31). The average molecular weight is 467 g/mol. The molecular weight excluding hydrogens is 436 g/mol. The summed E-state index contributed by atoms with van der Waals surface area (Å²) in [6.07, 6.45) is -0.0718. The van der Waals surface area contributed by atoms with Crippen LogP contribution in [0.3, 0.4) is 0 Å². The molecule has 3 rings (SSSR count). The van der Waals surface area contributed by atoms with E-state index in [4.69, 9.17) is 19.9 Å². The van der Waals surface area contributed by atoms with Gasteiger partial charge in [-0.05, 0) is 23.3 Å². The Bertz CT molecular complexity index is 1080. The number of nitrogens with two attached hydrogens (primary N) is 1. The largest absolute Gasteiger partial charge is 0.468 e. The minimum absolute atomic E-state index is 0.601. The third-order valence-electron chi connectivity index (χ3n) is 6.25. The number of hydrogen-bond acceptors (Lipinski definition) is 7. The highest BCUT2D eigenvalue weighted by Gasteiger charge is 2.53. The van der Waals surface area contributed by atoms with Crippen molar-refractivity contribution in [2.75, 3.05) is 0 Å². The van der Waals surface area contributed by atoms with Gasteiger partial charge in [0.2, 0.25) is 0 Å². The molecular formula is C25H30N4O5. The van der Waals surface area contributed by atoms with E-state index in [1.54, 1.807) is 18.5 Å². The number of nitrogens with zero attached hydrogens (tertiary/aromatic N) is 3.